The molecule has 0 aliphatic heterocycles. The third-order valence-electron chi connectivity index (χ3n) is 4.41. The normalized spacial score (nSPS) is 29.6. The first-order valence-corrected chi connectivity index (χ1v) is 7.87. The molecule has 112 valence electrons. The van der Waals surface area contributed by atoms with Crippen LogP contribution >= 0.6 is 0 Å². The fraction of sp³-hybridized carbons (Fsp3) is 0.938. The smallest absolute Gasteiger partial charge is 0.237 e. The van der Waals surface area contributed by atoms with Gasteiger partial charge >= 0.3 is 0 Å². The highest BCUT2D eigenvalue weighted by molar-refractivity contribution is 5.81. The van der Waals surface area contributed by atoms with E-state index in [9.17, 15) is 4.79 Å². The molecule has 0 spiro atoms. The van der Waals surface area contributed by atoms with Crippen LogP contribution < -0.4 is 11.1 Å². The van der Waals surface area contributed by atoms with E-state index in [-0.39, 0.29) is 11.9 Å². The quantitative estimate of drug-likeness (QED) is 0.805. The lowest BCUT2D eigenvalue weighted by Gasteiger charge is -2.38. The third kappa shape index (κ3) is 5.13. The van der Waals surface area contributed by atoms with Gasteiger partial charge in [-0.15, -0.1) is 0 Å². The minimum atomic E-state index is -0.356. The van der Waals surface area contributed by atoms with Crippen molar-refractivity contribution < 1.29 is 4.79 Å². The van der Waals surface area contributed by atoms with Gasteiger partial charge in [0.05, 0.1) is 6.04 Å². The van der Waals surface area contributed by atoms with Gasteiger partial charge in [-0.2, -0.15) is 0 Å². The summed E-state index contributed by atoms with van der Waals surface area (Å²) in [6.07, 6.45) is 4.37. The van der Waals surface area contributed by atoms with Crippen LogP contribution in [-0.2, 0) is 4.79 Å². The van der Waals surface area contributed by atoms with Crippen LogP contribution in [0.25, 0.3) is 0 Å². The van der Waals surface area contributed by atoms with E-state index in [2.05, 4.69) is 39.9 Å². The zero-order valence-corrected chi connectivity index (χ0v) is 13.3. The van der Waals surface area contributed by atoms with E-state index in [1.165, 1.54) is 12.8 Å². The fourth-order valence-electron chi connectivity index (χ4n) is 3.27. The van der Waals surface area contributed by atoms with Crippen molar-refractivity contribution in [3.63, 3.8) is 0 Å². The lowest BCUT2D eigenvalue weighted by atomic mass is 9.74. The summed E-state index contributed by atoms with van der Waals surface area (Å²) in [6.45, 7) is 11.0. The second-order valence-electron chi connectivity index (χ2n) is 7.18. The van der Waals surface area contributed by atoms with E-state index >= 15 is 0 Å². The van der Waals surface area contributed by atoms with E-state index < -0.39 is 0 Å². The van der Waals surface area contributed by atoms with Gasteiger partial charge in [-0.3, -0.25) is 4.79 Å². The summed E-state index contributed by atoms with van der Waals surface area (Å²) in [5.41, 5.74) is 5.98. The Labute approximate surface area is 118 Å². The first-order chi connectivity index (χ1) is 8.81. The summed E-state index contributed by atoms with van der Waals surface area (Å²) in [4.78, 5) is 12.2. The molecule has 1 saturated carbocycles. The van der Waals surface area contributed by atoms with Crippen LogP contribution in [0.2, 0.25) is 0 Å². The van der Waals surface area contributed by atoms with Crippen molar-refractivity contribution in [3.05, 3.63) is 0 Å². The van der Waals surface area contributed by atoms with Crippen LogP contribution in [0.4, 0.5) is 0 Å². The summed E-state index contributed by atoms with van der Waals surface area (Å²) in [6, 6.07) is -0.0421. The highest BCUT2D eigenvalue weighted by atomic mass is 16.2. The minimum absolute atomic E-state index is 0.0402. The Kier molecular flexibility index (Phi) is 6.31. The maximum atomic E-state index is 12.2. The van der Waals surface area contributed by atoms with Gasteiger partial charge in [0.1, 0.15) is 0 Å². The first-order valence-electron chi connectivity index (χ1n) is 7.87. The Balaban J connectivity index is 2.58. The Hall–Kier alpha value is -0.570. The summed E-state index contributed by atoms with van der Waals surface area (Å²) < 4.78 is 0. The molecule has 1 rings (SSSR count). The molecule has 0 aromatic rings. The van der Waals surface area contributed by atoms with Crippen molar-refractivity contribution in [2.45, 2.75) is 72.4 Å². The molecule has 0 aromatic carbocycles. The standard InChI is InChI=1S/C16H32N2O/c1-10(2)8-14(17)16(19)18-15-9-12(5)6-7-13(15)11(3)4/h10-15H,6-9,17H2,1-5H3,(H,18,19). The van der Waals surface area contributed by atoms with E-state index in [1.807, 2.05) is 0 Å². The summed E-state index contributed by atoms with van der Waals surface area (Å²) in [5, 5.41) is 3.22. The minimum Gasteiger partial charge on any atom is -0.352 e. The number of hydrogen-bond donors (Lipinski definition) is 2. The number of hydrogen-bond acceptors (Lipinski definition) is 2. The molecule has 1 aliphatic carbocycles. The van der Waals surface area contributed by atoms with Gasteiger partial charge < -0.3 is 11.1 Å². The number of carbonyl (C=O) groups is 1. The topological polar surface area (TPSA) is 55.1 Å². The summed E-state index contributed by atoms with van der Waals surface area (Å²) in [7, 11) is 0. The van der Waals surface area contributed by atoms with Gasteiger partial charge in [-0.05, 0) is 42.9 Å². The monoisotopic (exact) mass is 268 g/mol. The van der Waals surface area contributed by atoms with E-state index in [0.29, 0.717) is 29.7 Å². The van der Waals surface area contributed by atoms with Crippen LogP contribution in [0.5, 0.6) is 0 Å². The van der Waals surface area contributed by atoms with Gasteiger partial charge in [0.25, 0.3) is 0 Å². The molecule has 3 heteroatoms. The van der Waals surface area contributed by atoms with Crippen LogP contribution in [0.1, 0.15) is 60.3 Å². The van der Waals surface area contributed by atoms with E-state index in [4.69, 9.17) is 5.73 Å². The molecule has 19 heavy (non-hydrogen) atoms. The Morgan fingerprint density at radius 2 is 1.89 bits per heavy atom. The highest BCUT2D eigenvalue weighted by Crippen LogP contribution is 2.33. The van der Waals surface area contributed by atoms with Crippen molar-refractivity contribution in [1.82, 2.24) is 5.32 Å². The second-order valence-corrected chi connectivity index (χ2v) is 7.18. The van der Waals surface area contributed by atoms with Gasteiger partial charge in [-0.25, -0.2) is 0 Å². The third-order valence-corrected chi connectivity index (χ3v) is 4.41. The average Bonchev–Trinajstić information content (AvgIpc) is 2.27. The predicted molar refractivity (Wildman–Crippen MR) is 80.7 cm³/mol. The number of carbonyl (C=O) groups excluding carboxylic acids is 1. The average molecular weight is 268 g/mol. The van der Waals surface area contributed by atoms with Crippen molar-refractivity contribution >= 4 is 5.91 Å². The molecule has 0 saturated heterocycles. The summed E-state index contributed by atoms with van der Waals surface area (Å²) in [5.74, 6) is 2.44. The molecule has 3 nitrogen and oxygen atoms in total. The molecule has 4 unspecified atom stereocenters. The van der Waals surface area contributed by atoms with Crippen LogP contribution in [0.15, 0.2) is 0 Å². The molecule has 3 N–H and O–H groups in total. The number of amides is 1. The molecule has 0 bridgehead atoms. The van der Waals surface area contributed by atoms with Gasteiger partial charge in [0.2, 0.25) is 5.91 Å². The maximum Gasteiger partial charge on any atom is 0.237 e. The zero-order valence-electron chi connectivity index (χ0n) is 13.3. The largest absolute Gasteiger partial charge is 0.352 e. The Morgan fingerprint density at radius 1 is 1.26 bits per heavy atom. The van der Waals surface area contributed by atoms with E-state index in [0.717, 1.165) is 12.8 Å². The number of rotatable bonds is 5. The SMILES string of the molecule is CC(C)CC(N)C(=O)NC1CC(C)CCC1C(C)C. The van der Waals surface area contributed by atoms with Gasteiger partial charge in [-0.1, -0.05) is 41.0 Å². The Bertz CT molecular complexity index is 288. The second kappa shape index (κ2) is 7.28. The van der Waals surface area contributed by atoms with Crippen molar-refractivity contribution in [3.8, 4) is 0 Å². The zero-order chi connectivity index (χ0) is 14.6. The van der Waals surface area contributed by atoms with Crippen LogP contribution in [0, 0.1) is 23.7 Å². The Morgan fingerprint density at radius 3 is 2.42 bits per heavy atom. The van der Waals surface area contributed by atoms with Crippen molar-refractivity contribution in [2.75, 3.05) is 0 Å². The molecule has 4 atom stereocenters. The highest BCUT2D eigenvalue weighted by Gasteiger charge is 2.32. The van der Waals surface area contributed by atoms with Crippen molar-refractivity contribution in [1.29, 1.82) is 0 Å². The number of nitrogens with two attached hydrogens (primary N) is 1. The molecule has 0 aromatic heterocycles. The van der Waals surface area contributed by atoms with Gasteiger partial charge in [0.15, 0.2) is 0 Å². The molecule has 0 radical (unpaired) electrons. The fourth-order valence-corrected chi connectivity index (χ4v) is 3.27. The molecular weight excluding hydrogens is 236 g/mol. The van der Waals surface area contributed by atoms with Crippen LogP contribution in [-0.4, -0.2) is 18.0 Å². The van der Waals surface area contributed by atoms with E-state index in [1.54, 1.807) is 0 Å². The lowest BCUT2D eigenvalue weighted by Crippen LogP contribution is -2.51. The molecule has 1 fully saturated rings. The molecule has 0 heterocycles. The molecule has 1 amide bonds. The maximum absolute atomic E-state index is 12.2. The van der Waals surface area contributed by atoms with Gasteiger partial charge in [0, 0.05) is 6.04 Å². The van der Waals surface area contributed by atoms with Crippen LogP contribution in [0.3, 0.4) is 0 Å². The number of nitrogens with one attached hydrogen (secondary N) is 1. The first kappa shape index (κ1) is 16.5. The molecule has 1 aliphatic rings. The predicted octanol–water partition coefficient (Wildman–Crippen LogP) is 2.94. The van der Waals surface area contributed by atoms with Crippen molar-refractivity contribution in [2.24, 2.45) is 29.4 Å². The molecular formula is C16H32N2O. The lowest BCUT2D eigenvalue weighted by molar-refractivity contribution is -0.124. The summed E-state index contributed by atoms with van der Waals surface area (Å²) >= 11 is 0.